The zero-order valence-electron chi connectivity index (χ0n) is 10.9. The first-order chi connectivity index (χ1) is 7.90. The van der Waals surface area contributed by atoms with E-state index < -0.39 is 0 Å². The predicted molar refractivity (Wildman–Crippen MR) is 70.4 cm³/mol. The molecule has 94 valence electrons. The molecule has 4 N–H and O–H groups in total. The molecule has 0 radical (unpaired) electrons. The Morgan fingerprint density at radius 1 is 1.35 bits per heavy atom. The summed E-state index contributed by atoms with van der Waals surface area (Å²) in [5, 5.41) is 0. The second kappa shape index (κ2) is 5.82. The number of amides is 1. The fraction of sp³-hybridized carbons (Fsp3) is 0.500. The predicted octanol–water partition coefficient (Wildman–Crippen LogP) is 2.20. The highest BCUT2D eigenvalue weighted by Gasteiger charge is 2.14. The lowest BCUT2D eigenvalue weighted by atomic mass is 9.91. The molecule has 1 rings (SSSR count). The van der Waals surface area contributed by atoms with Crippen molar-refractivity contribution in [3.63, 3.8) is 0 Å². The monoisotopic (exact) mass is 234 g/mol. The summed E-state index contributed by atoms with van der Waals surface area (Å²) >= 11 is 0. The van der Waals surface area contributed by atoms with Crippen molar-refractivity contribution in [2.75, 3.05) is 0 Å². The number of rotatable bonds is 5. The first-order valence-electron chi connectivity index (χ1n) is 6.01. The van der Waals surface area contributed by atoms with Crippen LogP contribution in [0, 0.1) is 19.8 Å². The van der Waals surface area contributed by atoms with Crippen molar-refractivity contribution in [1.82, 2.24) is 0 Å². The first-order valence-corrected chi connectivity index (χ1v) is 6.01. The average molecular weight is 234 g/mol. The number of hydrogen-bond donors (Lipinski definition) is 2. The van der Waals surface area contributed by atoms with E-state index in [9.17, 15) is 4.79 Å². The van der Waals surface area contributed by atoms with Crippen molar-refractivity contribution < 1.29 is 4.79 Å². The lowest BCUT2D eigenvalue weighted by Gasteiger charge is -2.19. The van der Waals surface area contributed by atoms with Crippen LogP contribution in [-0.4, -0.2) is 5.91 Å². The number of carbonyl (C=O) groups is 1. The zero-order chi connectivity index (χ0) is 13.0. The fourth-order valence-electron chi connectivity index (χ4n) is 2.15. The molecule has 3 nitrogen and oxygen atoms in total. The number of hydrogen-bond acceptors (Lipinski definition) is 2. The molecule has 0 aliphatic heterocycles. The quantitative estimate of drug-likeness (QED) is 0.820. The second-order valence-electron chi connectivity index (χ2n) is 4.98. The van der Waals surface area contributed by atoms with E-state index in [1.54, 1.807) is 0 Å². The molecule has 0 aliphatic carbocycles. The Bertz CT molecular complexity index is 401. The van der Waals surface area contributed by atoms with Crippen LogP contribution in [0.5, 0.6) is 0 Å². The number of carbonyl (C=O) groups excluding carboxylic acids is 1. The number of benzene rings is 1. The lowest BCUT2D eigenvalue weighted by Crippen LogP contribution is -2.20. The summed E-state index contributed by atoms with van der Waals surface area (Å²) in [5.41, 5.74) is 15.0. The Balaban J connectivity index is 2.72. The summed E-state index contributed by atoms with van der Waals surface area (Å²) < 4.78 is 0. The third-order valence-corrected chi connectivity index (χ3v) is 3.04. The van der Waals surface area contributed by atoms with Gasteiger partial charge in [0.05, 0.1) is 0 Å². The molecule has 2 atom stereocenters. The topological polar surface area (TPSA) is 69.1 Å². The van der Waals surface area contributed by atoms with Crippen molar-refractivity contribution in [1.29, 1.82) is 0 Å². The van der Waals surface area contributed by atoms with Crippen LogP contribution in [0.3, 0.4) is 0 Å². The first kappa shape index (κ1) is 13.7. The summed E-state index contributed by atoms with van der Waals surface area (Å²) in [6.45, 7) is 6.13. The van der Waals surface area contributed by atoms with Crippen LogP contribution in [0.2, 0.25) is 0 Å². The molecule has 0 spiro atoms. The molecule has 2 unspecified atom stereocenters. The maximum absolute atomic E-state index is 10.8. The van der Waals surface area contributed by atoms with Gasteiger partial charge in [0.15, 0.2) is 0 Å². The van der Waals surface area contributed by atoms with Crippen molar-refractivity contribution >= 4 is 5.91 Å². The normalized spacial score (nSPS) is 14.4. The highest BCUT2D eigenvalue weighted by Crippen LogP contribution is 2.24. The second-order valence-corrected chi connectivity index (χ2v) is 4.98. The van der Waals surface area contributed by atoms with Gasteiger partial charge >= 0.3 is 0 Å². The summed E-state index contributed by atoms with van der Waals surface area (Å²) in [5.74, 6) is -0.0342. The van der Waals surface area contributed by atoms with Crippen LogP contribution >= 0.6 is 0 Å². The minimum absolute atomic E-state index is 0.0238. The van der Waals surface area contributed by atoms with Gasteiger partial charge in [0.25, 0.3) is 0 Å². The highest BCUT2D eigenvalue weighted by atomic mass is 16.1. The fourth-order valence-corrected chi connectivity index (χ4v) is 2.15. The smallest absolute Gasteiger partial charge is 0.217 e. The van der Waals surface area contributed by atoms with Crippen LogP contribution in [-0.2, 0) is 4.79 Å². The van der Waals surface area contributed by atoms with Crippen molar-refractivity contribution in [2.24, 2.45) is 17.4 Å². The largest absolute Gasteiger partial charge is 0.370 e. The van der Waals surface area contributed by atoms with Gasteiger partial charge in [-0.15, -0.1) is 0 Å². The van der Waals surface area contributed by atoms with Crippen LogP contribution in [0.15, 0.2) is 18.2 Å². The molecule has 0 fully saturated rings. The number of aryl methyl sites for hydroxylation is 2. The number of primary amides is 1. The van der Waals surface area contributed by atoms with Gasteiger partial charge in [-0.05, 0) is 37.3 Å². The molecule has 0 saturated heterocycles. The standard InChI is InChI=1S/C14H22N2O/c1-9-4-5-11(3)12(6-9)13(15)7-10(2)8-14(16)17/h4-6,10,13H,7-8,15H2,1-3H3,(H2,16,17). The molecule has 0 heterocycles. The molecule has 0 bridgehead atoms. The summed E-state index contributed by atoms with van der Waals surface area (Å²) in [6.07, 6.45) is 1.19. The van der Waals surface area contributed by atoms with Crippen LogP contribution < -0.4 is 11.5 Å². The van der Waals surface area contributed by atoms with E-state index in [0.29, 0.717) is 6.42 Å². The average Bonchev–Trinajstić information content (AvgIpc) is 2.20. The minimum atomic E-state index is -0.259. The molecule has 3 heteroatoms. The van der Waals surface area contributed by atoms with Crippen molar-refractivity contribution in [3.8, 4) is 0 Å². The third kappa shape index (κ3) is 4.19. The highest BCUT2D eigenvalue weighted by molar-refractivity contribution is 5.73. The van der Waals surface area contributed by atoms with Gasteiger partial charge in [-0.2, -0.15) is 0 Å². The zero-order valence-corrected chi connectivity index (χ0v) is 10.9. The number of nitrogens with two attached hydrogens (primary N) is 2. The van der Waals surface area contributed by atoms with Gasteiger partial charge in [-0.3, -0.25) is 4.79 Å². The van der Waals surface area contributed by atoms with E-state index in [1.165, 1.54) is 16.7 Å². The van der Waals surface area contributed by atoms with E-state index in [0.717, 1.165) is 6.42 Å². The molecular weight excluding hydrogens is 212 g/mol. The van der Waals surface area contributed by atoms with Crippen LogP contribution in [0.1, 0.15) is 42.5 Å². The van der Waals surface area contributed by atoms with Gasteiger partial charge in [-0.25, -0.2) is 0 Å². The maximum Gasteiger partial charge on any atom is 0.217 e. The maximum atomic E-state index is 10.8. The molecule has 0 aromatic heterocycles. The van der Waals surface area contributed by atoms with Crippen molar-refractivity contribution in [3.05, 3.63) is 34.9 Å². The Hall–Kier alpha value is -1.35. The van der Waals surface area contributed by atoms with Gasteiger partial charge in [0.2, 0.25) is 5.91 Å². The molecule has 1 aromatic carbocycles. The minimum Gasteiger partial charge on any atom is -0.370 e. The SMILES string of the molecule is Cc1ccc(C)c(C(N)CC(C)CC(N)=O)c1. The van der Waals surface area contributed by atoms with E-state index in [1.807, 2.05) is 6.92 Å². The third-order valence-electron chi connectivity index (χ3n) is 3.04. The van der Waals surface area contributed by atoms with E-state index >= 15 is 0 Å². The summed E-state index contributed by atoms with van der Waals surface area (Å²) in [6, 6.07) is 6.27. The Morgan fingerprint density at radius 3 is 2.59 bits per heavy atom. The molecule has 1 aromatic rings. The van der Waals surface area contributed by atoms with E-state index in [-0.39, 0.29) is 17.9 Å². The van der Waals surface area contributed by atoms with Crippen molar-refractivity contribution in [2.45, 2.75) is 39.7 Å². The van der Waals surface area contributed by atoms with Gasteiger partial charge in [0, 0.05) is 12.5 Å². The molecule has 0 aliphatic rings. The molecule has 0 saturated carbocycles. The van der Waals surface area contributed by atoms with Gasteiger partial charge in [0.1, 0.15) is 0 Å². The molecule has 17 heavy (non-hydrogen) atoms. The molecular formula is C14H22N2O. The van der Waals surface area contributed by atoms with E-state index in [4.69, 9.17) is 11.5 Å². The Morgan fingerprint density at radius 2 is 2.00 bits per heavy atom. The van der Waals surface area contributed by atoms with Crippen LogP contribution in [0.4, 0.5) is 0 Å². The summed E-state index contributed by atoms with van der Waals surface area (Å²) in [4.78, 5) is 10.8. The lowest BCUT2D eigenvalue weighted by molar-refractivity contribution is -0.118. The molecule has 1 amide bonds. The van der Waals surface area contributed by atoms with E-state index in [2.05, 4.69) is 32.0 Å². The van der Waals surface area contributed by atoms with Crippen LogP contribution in [0.25, 0.3) is 0 Å². The Labute approximate surface area is 103 Å². The summed E-state index contributed by atoms with van der Waals surface area (Å²) in [7, 11) is 0. The van der Waals surface area contributed by atoms with Gasteiger partial charge < -0.3 is 11.5 Å². The Kier molecular flexibility index (Phi) is 4.70. The van der Waals surface area contributed by atoms with Gasteiger partial charge in [-0.1, -0.05) is 30.7 Å².